The number of sulfone groups is 1. The second-order valence-electron chi connectivity index (χ2n) is 6.51. The number of ether oxygens (including phenoxy) is 1. The zero-order chi connectivity index (χ0) is 16.8. The van der Waals surface area contributed by atoms with Crippen LogP contribution in [0.25, 0.3) is 0 Å². The Hall–Kier alpha value is -1.85. The quantitative estimate of drug-likeness (QED) is 0.859. The van der Waals surface area contributed by atoms with Crippen LogP contribution in [0.3, 0.4) is 0 Å². The van der Waals surface area contributed by atoms with Crippen molar-refractivity contribution >= 4 is 15.5 Å². The summed E-state index contributed by atoms with van der Waals surface area (Å²) >= 11 is 0. The van der Waals surface area contributed by atoms with Gasteiger partial charge in [0.1, 0.15) is 5.60 Å². The number of nitrogens with zero attached hydrogens (tertiary/aromatic N) is 1. The molecule has 0 radical (unpaired) electrons. The van der Waals surface area contributed by atoms with Crippen molar-refractivity contribution in [3.8, 4) is 0 Å². The molecule has 4 nitrogen and oxygen atoms in total. The summed E-state index contributed by atoms with van der Waals surface area (Å²) < 4.78 is 30.1. The molecule has 2 aliphatic rings. The predicted octanol–water partition coefficient (Wildman–Crippen LogP) is 3.12. The fourth-order valence-electron chi connectivity index (χ4n) is 3.76. The minimum absolute atomic E-state index is 0.129. The molecule has 1 atom stereocenters. The van der Waals surface area contributed by atoms with Crippen molar-refractivity contribution in [1.29, 1.82) is 0 Å². The van der Waals surface area contributed by atoms with E-state index >= 15 is 0 Å². The molecule has 0 aromatic heterocycles. The van der Waals surface area contributed by atoms with Gasteiger partial charge < -0.3 is 9.64 Å². The molecule has 24 heavy (non-hydrogen) atoms. The van der Waals surface area contributed by atoms with Gasteiger partial charge in [0.25, 0.3) is 0 Å². The molecule has 4 rings (SSSR count). The van der Waals surface area contributed by atoms with E-state index in [0.717, 1.165) is 25.2 Å². The summed E-state index contributed by atoms with van der Waals surface area (Å²) in [4.78, 5) is 2.68. The van der Waals surface area contributed by atoms with Crippen LogP contribution in [0, 0.1) is 0 Å². The molecule has 126 valence electrons. The molecule has 0 amide bonds. The van der Waals surface area contributed by atoms with Gasteiger partial charge in [-0.1, -0.05) is 31.2 Å². The molecule has 0 bridgehead atoms. The van der Waals surface area contributed by atoms with Crippen LogP contribution in [0.4, 0.5) is 5.69 Å². The van der Waals surface area contributed by atoms with Gasteiger partial charge in [-0.25, -0.2) is 8.42 Å². The van der Waals surface area contributed by atoms with E-state index < -0.39 is 9.84 Å². The Morgan fingerprint density at radius 3 is 2.62 bits per heavy atom. The molecule has 2 aromatic carbocycles. The lowest BCUT2D eigenvalue weighted by Crippen LogP contribution is -2.30. The smallest absolute Gasteiger partial charge is 0.178 e. The molecule has 2 heterocycles. The summed E-state index contributed by atoms with van der Waals surface area (Å²) in [6.45, 7) is 4.07. The number of benzene rings is 2. The van der Waals surface area contributed by atoms with E-state index in [1.807, 2.05) is 12.1 Å². The van der Waals surface area contributed by atoms with Crippen molar-refractivity contribution in [2.45, 2.75) is 30.4 Å². The molecule has 0 N–H and O–H groups in total. The van der Waals surface area contributed by atoms with Gasteiger partial charge in [-0.15, -0.1) is 0 Å². The molecule has 2 aromatic rings. The normalized spacial score (nSPS) is 23.0. The highest BCUT2D eigenvalue weighted by Gasteiger charge is 2.45. The van der Waals surface area contributed by atoms with Crippen LogP contribution in [0.15, 0.2) is 53.4 Å². The maximum atomic E-state index is 11.9. The van der Waals surface area contributed by atoms with Gasteiger partial charge in [0.05, 0.1) is 23.8 Å². The van der Waals surface area contributed by atoms with Crippen LogP contribution in [-0.2, 0) is 26.8 Å². The van der Waals surface area contributed by atoms with Crippen molar-refractivity contribution in [2.75, 3.05) is 23.7 Å². The highest BCUT2D eigenvalue weighted by Crippen LogP contribution is 2.44. The predicted molar refractivity (Wildman–Crippen MR) is 93.9 cm³/mol. The number of hydrogen-bond donors (Lipinski definition) is 0. The fourth-order valence-corrected chi connectivity index (χ4v) is 4.64. The van der Waals surface area contributed by atoms with E-state index in [2.05, 4.69) is 29.2 Å². The average molecular weight is 343 g/mol. The molecular weight excluding hydrogens is 322 g/mol. The largest absolute Gasteiger partial charge is 0.368 e. The summed E-state index contributed by atoms with van der Waals surface area (Å²) in [5.74, 6) is 0.129. The summed E-state index contributed by atoms with van der Waals surface area (Å²) in [5.41, 5.74) is 3.42. The summed E-state index contributed by atoms with van der Waals surface area (Å²) in [7, 11) is -3.14. The molecule has 2 aliphatic heterocycles. The number of anilines is 1. The zero-order valence-electron chi connectivity index (χ0n) is 13.7. The van der Waals surface area contributed by atoms with Crippen LogP contribution in [0.2, 0.25) is 0 Å². The Balaban J connectivity index is 1.58. The first-order chi connectivity index (χ1) is 11.5. The average Bonchev–Trinajstić information content (AvgIpc) is 3.21. The van der Waals surface area contributed by atoms with Crippen molar-refractivity contribution in [3.05, 3.63) is 59.7 Å². The summed E-state index contributed by atoms with van der Waals surface area (Å²) in [6.07, 6.45) is 0.957. The van der Waals surface area contributed by atoms with Gasteiger partial charge in [-0.2, -0.15) is 0 Å². The highest BCUT2D eigenvalue weighted by molar-refractivity contribution is 7.91. The Kier molecular flexibility index (Phi) is 3.66. The van der Waals surface area contributed by atoms with Gasteiger partial charge in [0.2, 0.25) is 0 Å². The first kappa shape index (κ1) is 15.7. The van der Waals surface area contributed by atoms with Crippen molar-refractivity contribution in [2.24, 2.45) is 0 Å². The first-order valence-electron chi connectivity index (χ1n) is 8.34. The van der Waals surface area contributed by atoms with E-state index in [1.54, 1.807) is 19.1 Å². The molecule has 0 aliphatic carbocycles. The van der Waals surface area contributed by atoms with Crippen LogP contribution in [0.5, 0.6) is 0 Å². The summed E-state index contributed by atoms with van der Waals surface area (Å²) in [6, 6.07) is 15.7. The fraction of sp³-hybridized carbons (Fsp3) is 0.368. The van der Waals surface area contributed by atoms with Gasteiger partial charge >= 0.3 is 0 Å². The monoisotopic (exact) mass is 343 g/mol. The Labute approximate surface area is 143 Å². The lowest BCUT2D eigenvalue weighted by atomic mass is 9.92. The highest BCUT2D eigenvalue weighted by atomic mass is 32.2. The molecule has 5 heteroatoms. The number of hydrogen-bond acceptors (Lipinski definition) is 4. The van der Waals surface area contributed by atoms with E-state index in [-0.39, 0.29) is 11.4 Å². The van der Waals surface area contributed by atoms with Crippen LogP contribution in [-0.4, -0.2) is 27.3 Å². The third-order valence-corrected chi connectivity index (χ3v) is 6.94. The summed E-state index contributed by atoms with van der Waals surface area (Å²) in [5, 5.41) is 0. The molecule has 1 saturated heterocycles. The third kappa shape index (κ3) is 2.43. The Morgan fingerprint density at radius 2 is 1.88 bits per heavy atom. The Bertz CT molecular complexity index is 860. The zero-order valence-corrected chi connectivity index (χ0v) is 14.6. The van der Waals surface area contributed by atoms with Crippen LogP contribution < -0.4 is 4.90 Å². The van der Waals surface area contributed by atoms with Gasteiger partial charge in [-0.3, -0.25) is 0 Å². The van der Waals surface area contributed by atoms with E-state index in [9.17, 15) is 8.42 Å². The first-order valence-corrected chi connectivity index (χ1v) is 9.99. The van der Waals surface area contributed by atoms with Crippen LogP contribution in [0.1, 0.15) is 24.5 Å². The Morgan fingerprint density at radius 1 is 1.12 bits per heavy atom. The molecule has 0 saturated carbocycles. The van der Waals surface area contributed by atoms with Gasteiger partial charge in [-0.05, 0) is 41.8 Å². The van der Waals surface area contributed by atoms with Crippen molar-refractivity contribution < 1.29 is 13.2 Å². The van der Waals surface area contributed by atoms with E-state index in [0.29, 0.717) is 11.5 Å². The minimum Gasteiger partial charge on any atom is -0.368 e. The topological polar surface area (TPSA) is 46.6 Å². The molecule has 1 unspecified atom stereocenters. The van der Waals surface area contributed by atoms with Gasteiger partial charge in [0.15, 0.2) is 9.84 Å². The molecule has 1 fully saturated rings. The minimum atomic E-state index is -3.14. The lowest BCUT2D eigenvalue weighted by molar-refractivity contribution is -0.0205. The number of rotatable bonds is 3. The van der Waals surface area contributed by atoms with Crippen molar-refractivity contribution in [3.63, 3.8) is 0 Å². The lowest BCUT2D eigenvalue weighted by Gasteiger charge is -2.25. The molecule has 1 spiro atoms. The second kappa shape index (κ2) is 5.60. The van der Waals surface area contributed by atoms with E-state index in [4.69, 9.17) is 4.74 Å². The van der Waals surface area contributed by atoms with Gasteiger partial charge in [0, 0.05) is 12.2 Å². The van der Waals surface area contributed by atoms with E-state index in [1.165, 1.54) is 11.1 Å². The maximum absolute atomic E-state index is 11.9. The third-order valence-electron chi connectivity index (χ3n) is 5.19. The standard InChI is InChI=1S/C19H21NO3S/c1-2-24(21,22)17-9-7-16(8-10-17)20-12-11-19(14-20)18-6-4-3-5-15(18)13-23-19/h3-10H,2,11-14H2,1H3. The van der Waals surface area contributed by atoms with Crippen molar-refractivity contribution in [1.82, 2.24) is 0 Å². The molecular formula is C19H21NO3S. The number of fused-ring (bicyclic) bond motifs is 2. The second-order valence-corrected chi connectivity index (χ2v) is 8.79. The maximum Gasteiger partial charge on any atom is 0.178 e. The van der Waals surface area contributed by atoms with Crippen LogP contribution >= 0.6 is 0 Å². The SMILES string of the molecule is CCS(=O)(=O)c1ccc(N2CCC3(C2)OCc2ccccc23)cc1.